The first-order valence-electron chi connectivity index (χ1n) is 7.74. The summed E-state index contributed by atoms with van der Waals surface area (Å²) in [4.78, 5) is 24.2. The zero-order valence-corrected chi connectivity index (χ0v) is 15.6. The molecule has 2 aromatic carbocycles. The molecule has 3 rings (SSSR count). The molecule has 0 aliphatic carbocycles. The zero-order valence-electron chi connectivity index (χ0n) is 14.1. The average Bonchev–Trinajstić information content (AvgIpc) is 2.61. The van der Waals surface area contributed by atoms with E-state index in [0.717, 1.165) is 0 Å². The van der Waals surface area contributed by atoms with Crippen LogP contribution in [0.5, 0.6) is 0 Å². The summed E-state index contributed by atoms with van der Waals surface area (Å²) in [6, 6.07) is 11.6. The van der Waals surface area contributed by atoms with Gasteiger partial charge in [-0.1, -0.05) is 19.9 Å². The standard InChI is InChI=1S/C20H14BrFN2O2/c1-20(2,11-23)13-8-12-6-7-24(19(26)18(12)16(22)9-13)17-5-3-4-15(21)14(17)10-25/h4,6-11,23H,1-2H3. The number of benzene rings is 1. The van der Waals surface area contributed by atoms with Crippen LogP contribution in [0, 0.1) is 23.4 Å². The van der Waals surface area contributed by atoms with Crippen molar-refractivity contribution in [3.05, 3.63) is 74.4 Å². The summed E-state index contributed by atoms with van der Waals surface area (Å²) in [5, 5.41) is 7.87. The minimum atomic E-state index is -0.668. The highest BCUT2D eigenvalue weighted by molar-refractivity contribution is 9.10. The maximum Gasteiger partial charge on any atom is 0.266 e. The largest absolute Gasteiger partial charge is 0.312 e. The van der Waals surface area contributed by atoms with Gasteiger partial charge in [0.2, 0.25) is 0 Å². The van der Waals surface area contributed by atoms with Crippen LogP contribution < -0.4 is 5.56 Å². The minimum Gasteiger partial charge on any atom is -0.312 e. The molecule has 4 nitrogen and oxygen atoms in total. The number of pyridine rings is 1. The maximum absolute atomic E-state index is 14.7. The van der Waals surface area contributed by atoms with Gasteiger partial charge in [0.25, 0.3) is 5.56 Å². The zero-order chi connectivity index (χ0) is 19.1. The van der Waals surface area contributed by atoms with Crippen molar-refractivity contribution in [1.29, 1.82) is 5.41 Å². The number of hydrogen-bond acceptors (Lipinski definition) is 3. The van der Waals surface area contributed by atoms with E-state index in [1.54, 1.807) is 26.0 Å². The Hall–Kier alpha value is -2.78. The molecule has 1 aromatic heterocycles. The summed E-state index contributed by atoms with van der Waals surface area (Å²) in [5.41, 5.74) is -0.214. The lowest BCUT2D eigenvalue weighted by Gasteiger charge is -2.20. The van der Waals surface area contributed by atoms with E-state index in [1.165, 1.54) is 29.1 Å². The van der Waals surface area contributed by atoms with E-state index in [2.05, 4.69) is 28.1 Å². The fourth-order valence-electron chi connectivity index (χ4n) is 2.69. The van der Waals surface area contributed by atoms with E-state index in [4.69, 9.17) is 5.41 Å². The van der Waals surface area contributed by atoms with Gasteiger partial charge in [-0.15, -0.1) is 0 Å². The van der Waals surface area contributed by atoms with Gasteiger partial charge in [-0.2, -0.15) is 0 Å². The Labute approximate surface area is 157 Å². The van der Waals surface area contributed by atoms with Crippen molar-refractivity contribution in [2.24, 2.45) is 0 Å². The molecule has 1 heterocycles. The molecule has 0 fully saturated rings. The van der Waals surface area contributed by atoms with Gasteiger partial charge in [0, 0.05) is 28.4 Å². The number of carbonyl (C=O) groups is 1. The van der Waals surface area contributed by atoms with Gasteiger partial charge >= 0.3 is 0 Å². The molecule has 0 unspecified atom stereocenters. The summed E-state index contributed by atoms with van der Waals surface area (Å²) >= 11 is 3.24. The summed E-state index contributed by atoms with van der Waals surface area (Å²) in [6.45, 7) is 3.59. The van der Waals surface area contributed by atoms with Gasteiger partial charge in [0.15, 0.2) is 6.29 Å². The van der Waals surface area contributed by atoms with E-state index in [9.17, 15) is 14.0 Å². The summed E-state index contributed by atoms with van der Waals surface area (Å²) < 4.78 is 16.4. The van der Waals surface area contributed by atoms with Crippen molar-refractivity contribution in [3.8, 4) is 5.69 Å². The lowest BCUT2D eigenvalue weighted by Crippen LogP contribution is -2.22. The Morgan fingerprint density at radius 2 is 2.08 bits per heavy atom. The lowest BCUT2D eigenvalue weighted by atomic mass is 9.85. The molecule has 0 spiro atoms. The molecular formula is C20H14BrFN2O2. The molecule has 130 valence electrons. The third-order valence-corrected chi connectivity index (χ3v) is 4.98. The number of aromatic nitrogens is 1. The fourth-order valence-corrected chi connectivity index (χ4v) is 3.08. The Kier molecular flexibility index (Phi) is 4.51. The Balaban J connectivity index is 2.32. The molecule has 6 heteroatoms. The first kappa shape index (κ1) is 18.0. The average molecular weight is 413 g/mol. The Bertz CT molecular complexity index is 1100. The molecule has 0 amide bonds. The SMILES string of the molecule is CC(C)(C=N)c1cc(F)c2c(=O)n(-c3c#ccc(Br)c3C=O)ccc2c1. The lowest BCUT2D eigenvalue weighted by molar-refractivity contribution is 0.112. The van der Waals surface area contributed by atoms with E-state index in [0.29, 0.717) is 21.7 Å². The number of rotatable bonds is 4. The second kappa shape index (κ2) is 6.50. The molecule has 0 atom stereocenters. The second-order valence-corrected chi connectivity index (χ2v) is 7.28. The minimum absolute atomic E-state index is 0.0812. The second-order valence-electron chi connectivity index (χ2n) is 6.42. The molecule has 0 saturated heterocycles. The topological polar surface area (TPSA) is 62.9 Å². The molecule has 0 aliphatic heterocycles. The van der Waals surface area contributed by atoms with Gasteiger partial charge in [0.05, 0.1) is 10.9 Å². The van der Waals surface area contributed by atoms with E-state index in [-0.39, 0.29) is 16.6 Å². The molecule has 26 heavy (non-hydrogen) atoms. The number of halogens is 2. The van der Waals surface area contributed by atoms with Crippen LogP contribution in [0.3, 0.4) is 0 Å². The first-order chi connectivity index (χ1) is 12.3. The molecule has 0 bridgehead atoms. The molecule has 0 aliphatic rings. The van der Waals surface area contributed by atoms with Crippen LogP contribution in [-0.4, -0.2) is 17.1 Å². The third-order valence-electron chi connectivity index (χ3n) is 4.32. The summed E-state index contributed by atoms with van der Waals surface area (Å²) in [5.74, 6) is -0.668. The Morgan fingerprint density at radius 1 is 1.35 bits per heavy atom. The molecule has 0 radical (unpaired) electrons. The monoisotopic (exact) mass is 412 g/mol. The van der Waals surface area contributed by atoms with Gasteiger partial charge in [-0.3, -0.25) is 14.2 Å². The van der Waals surface area contributed by atoms with Crippen molar-refractivity contribution < 1.29 is 9.18 Å². The smallest absolute Gasteiger partial charge is 0.266 e. The predicted molar refractivity (Wildman–Crippen MR) is 102 cm³/mol. The number of carbonyl (C=O) groups excluding carboxylic acids is 1. The highest BCUT2D eigenvalue weighted by atomic mass is 79.9. The molecule has 1 N–H and O–H groups in total. The number of nitrogens with one attached hydrogen (secondary N) is 1. The van der Waals surface area contributed by atoms with Crippen molar-refractivity contribution in [2.75, 3.05) is 0 Å². The van der Waals surface area contributed by atoms with Crippen molar-refractivity contribution in [2.45, 2.75) is 19.3 Å². The number of nitrogens with zero attached hydrogens (tertiary/aromatic N) is 1. The van der Waals surface area contributed by atoms with Gasteiger partial charge < -0.3 is 5.41 Å². The van der Waals surface area contributed by atoms with E-state index in [1.807, 2.05) is 0 Å². The number of hydrogen-bond donors (Lipinski definition) is 1. The van der Waals surface area contributed by atoms with Crippen LogP contribution in [-0.2, 0) is 5.41 Å². The van der Waals surface area contributed by atoms with Crippen LogP contribution in [0.25, 0.3) is 16.5 Å². The molecule has 3 aromatic rings. The highest BCUT2D eigenvalue weighted by Crippen LogP contribution is 2.27. The maximum atomic E-state index is 14.7. The number of fused-ring (bicyclic) bond motifs is 1. The first-order valence-corrected chi connectivity index (χ1v) is 8.54. The van der Waals surface area contributed by atoms with Crippen LogP contribution in [0.4, 0.5) is 4.39 Å². The Morgan fingerprint density at radius 3 is 2.73 bits per heavy atom. The predicted octanol–water partition coefficient (Wildman–Crippen LogP) is 4.23. The van der Waals surface area contributed by atoms with Crippen LogP contribution in [0.15, 0.2) is 39.7 Å². The fraction of sp³-hybridized carbons (Fsp3) is 0.150. The molecule has 0 saturated carbocycles. The number of aldehydes is 1. The summed E-state index contributed by atoms with van der Waals surface area (Å²) in [7, 11) is 0. The van der Waals surface area contributed by atoms with Crippen molar-refractivity contribution >= 4 is 39.2 Å². The van der Waals surface area contributed by atoms with Gasteiger partial charge in [-0.05, 0) is 51.1 Å². The van der Waals surface area contributed by atoms with Crippen LogP contribution >= 0.6 is 15.9 Å². The van der Waals surface area contributed by atoms with Crippen molar-refractivity contribution in [3.63, 3.8) is 0 Å². The normalized spacial score (nSPS) is 11.2. The van der Waals surface area contributed by atoms with Crippen molar-refractivity contribution in [1.82, 2.24) is 4.57 Å². The van der Waals surface area contributed by atoms with Gasteiger partial charge in [-0.25, -0.2) is 4.39 Å². The quantitative estimate of drug-likeness (QED) is 0.514. The van der Waals surface area contributed by atoms with E-state index >= 15 is 0 Å². The third kappa shape index (κ3) is 2.85. The van der Waals surface area contributed by atoms with Crippen LogP contribution in [0.2, 0.25) is 0 Å². The highest BCUT2D eigenvalue weighted by Gasteiger charge is 2.21. The van der Waals surface area contributed by atoms with E-state index < -0.39 is 16.8 Å². The summed E-state index contributed by atoms with van der Waals surface area (Å²) in [6.07, 6.45) is 3.31. The molecular weight excluding hydrogens is 399 g/mol. The van der Waals surface area contributed by atoms with Crippen LogP contribution in [0.1, 0.15) is 29.8 Å². The van der Waals surface area contributed by atoms with Gasteiger partial charge in [0.1, 0.15) is 11.5 Å².